The van der Waals surface area contributed by atoms with Crippen molar-refractivity contribution in [2.24, 2.45) is 0 Å². The van der Waals surface area contributed by atoms with E-state index in [0.29, 0.717) is 23.6 Å². The van der Waals surface area contributed by atoms with Crippen LogP contribution in [0.3, 0.4) is 0 Å². The van der Waals surface area contributed by atoms with Crippen molar-refractivity contribution < 1.29 is 23.9 Å². The Labute approximate surface area is 161 Å². The minimum Gasteiger partial charge on any atom is -0.457 e. The van der Waals surface area contributed by atoms with Crippen LogP contribution in [-0.4, -0.2) is 42.9 Å². The van der Waals surface area contributed by atoms with Crippen molar-refractivity contribution in [1.29, 1.82) is 0 Å². The first-order valence-corrected chi connectivity index (χ1v) is 8.80. The molecule has 2 aromatic rings. The second kappa shape index (κ2) is 8.33. The van der Waals surface area contributed by atoms with Gasteiger partial charge in [-0.3, -0.25) is 14.5 Å². The summed E-state index contributed by atoms with van der Waals surface area (Å²) in [5, 5.41) is 0.599. The van der Waals surface area contributed by atoms with E-state index in [1.807, 2.05) is 0 Å². The number of fused-ring (bicyclic) bond motifs is 1. The molecule has 2 amide bonds. The third-order valence-corrected chi connectivity index (χ3v) is 4.47. The summed E-state index contributed by atoms with van der Waals surface area (Å²) in [6.07, 6.45) is 0.554. The van der Waals surface area contributed by atoms with E-state index in [2.05, 4.69) is 0 Å². The maximum atomic E-state index is 12.5. The summed E-state index contributed by atoms with van der Waals surface area (Å²) in [6, 6.07) is 11.3. The Bertz CT molecular complexity index is 878. The highest BCUT2D eigenvalue weighted by atomic mass is 35.5. The number of esters is 1. The third kappa shape index (κ3) is 4.18. The number of hydrogen-bond donors (Lipinski definition) is 0. The highest BCUT2D eigenvalue weighted by Gasteiger charge is 2.35. The zero-order valence-electron chi connectivity index (χ0n) is 14.7. The number of halogens is 1. The van der Waals surface area contributed by atoms with E-state index in [1.54, 1.807) is 31.4 Å². The molecule has 140 valence electrons. The van der Waals surface area contributed by atoms with Crippen LogP contribution in [-0.2, 0) is 16.1 Å². The lowest BCUT2D eigenvalue weighted by Crippen LogP contribution is -2.31. The largest absolute Gasteiger partial charge is 0.457 e. The van der Waals surface area contributed by atoms with Crippen LogP contribution in [0.25, 0.3) is 0 Å². The summed E-state index contributed by atoms with van der Waals surface area (Å²) in [5.74, 6) is -1.32. The monoisotopic (exact) mass is 387 g/mol. The van der Waals surface area contributed by atoms with Gasteiger partial charge in [-0.1, -0.05) is 23.7 Å². The van der Waals surface area contributed by atoms with Crippen molar-refractivity contribution in [3.05, 3.63) is 69.7 Å². The summed E-state index contributed by atoms with van der Waals surface area (Å²) in [5.41, 5.74) is 1.54. The molecule has 1 heterocycles. The molecule has 0 atom stereocenters. The molecule has 0 fully saturated rings. The fraction of sp³-hybridized carbons (Fsp3) is 0.250. The van der Waals surface area contributed by atoms with E-state index in [9.17, 15) is 14.4 Å². The molecule has 27 heavy (non-hydrogen) atoms. The highest BCUT2D eigenvalue weighted by molar-refractivity contribution is 6.30. The molecule has 0 saturated heterocycles. The van der Waals surface area contributed by atoms with Crippen molar-refractivity contribution in [2.75, 3.05) is 20.3 Å². The summed E-state index contributed by atoms with van der Waals surface area (Å²) >= 11 is 5.82. The zero-order chi connectivity index (χ0) is 19.4. The van der Waals surface area contributed by atoms with Crippen molar-refractivity contribution in [3.63, 3.8) is 0 Å². The third-order valence-electron chi connectivity index (χ3n) is 4.22. The molecule has 2 aromatic carbocycles. The summed E-state index contributed by atoms with van der Waals surface area (Å²) in [4.78, 5) is 38.3. The lowest BCUT2D eigenvalue weighted by molar-refractivity contribution is 0.0472. The normalized spacial score (nSPS) is 13.0. The number of rotatable bonds is 7. The molecule has 0 aliphatic carbocycles. The molecule has 1 aliphatic heterocycles. The molecule has 0 radical (unpaired) electrons. The van der Waals surface area contributed by atoms with E-state index in [4.69, 9.17) is 21.1 Å². The highest BCUT2D eigenvalue weighted by Crippen LogP contribution is 2.24. The van der Waals surface area contributed by atoms with E-state index in [1.165, 1.54) is 23.1 Å². The summed E-state index contributed by atoms with van der Waals surface area (Å²) in [6.45, 7) is 0.815. The first-order valence-electron chi connectivity index (χ1n) is 8.42. The fourth-order valence-electron chi connectivity index (χ4n) is 2.80. The number of hydrogen-bond acceptors (Lipinski definition) is 5. The lowest BCUT2D eigenvalue weighted by atomic mass is 10.1. The average Bonchev–Trinajstić information content (AvgIpc) is 2.92. The van der Waals surface area contributed by atoms with Gasteiger partial charge in [0.05, 0.1) is 16.7 Å². The minimum absolute atomic E-state index is 0.0864. The Balaban J connectivity index is 1.69. The van der Waals surface area contributed by atoms with Crippen LogP contribution < -0.4 is 0 Å². The molecule has 0 aromatic heterocycles. The first-order chi connectivity index (χ1) is 13.0. The quantitative estimate of drug-likeness (QED) is 0.414. The summed E-state index contributed by atoms with van der Waals surface area (Å²) < 4.78 is 10.2. The number of carbonyl (C=O) groups excluding carboxylic acids is 3. The smallest absolute Gasteiger partial charge is 0.338 e. The molecule has 1 aliphatic rings. The Morgan fingerprint density at radius 1 is 1.04 bits per heavy atom. The number of amides is 2. The Morgan fingerprint density at radius 3 is 2.44 bits per heavy atom. The van der Waals surface area contributed by atoms with Crippen LogP contribution in [0.2, 0.25) is 5.02 Å². The minimum atomic E-state index is -0.564. The molecular weight excluding hydrogens is 370 g/mol. The molecule has 6 nitrogen and oxygen atoms in total. The van der Waals surface area contributed by atoms with Gasteiger partial charge in [0.2, 0.25) is 0 Å². The topological polar surface area (TPSA) is 72.9 Å². The van der Waals surface area contributed by atoms with Crippen LogP contribution in [0, 0.1) is 0 Å². The van der Waals surface area contributed by atoms with Crippen LogP contribution in [0.15, 0.2) is 42.5 Å². The second-order valence-corrected chi connectivity index (χ2v) is 6.51. The van der Waals surface area contributed by atoms with Crippen LogP contribution in [0.5, 0.6) is 0 Å². The molecule has 3 rings (SSSR count). The lowest BCUT2D eigenvalue weighted by Gasteiger charge is -2.12. The van der Waals surface area contributed by atoms with Gasteiger partial charge in [-0.05, 0) is 42.3 Å². The number of nitrogens with zero attached hydrogens (tertiary/aromatic N) is 1. The zero-order valence-corrected chi connectivity index (χ0v) is 15.5. The Morgan fingerprint density at radius 2 is 1.74 bits per heavy atom. The van der Waals surface area contributed by atoms with Gasteiger partial charge in [-0.15, -0.1) is 0 Å². The molecule has 0 N–H and O–H groups in total. The number of imide groups is 1. The van der Waals surface area contributed by atoms with Gasteiger partial charge >= 0.3 is 5.97 Å². The average molecular weight is 388 g/mol. The summed E-state index contributed by atoms with van der Waals surface area (Å²) in [7, 11) is 1.56. The van der Waals surface area contributed by atoms with Gasteiger partial charge < -0.3 is 9.47 Å². The molecule has 0 unspecified atom stereocenters. The van der Waals surface area contributed by atoms with Gasteiger partial charge in [-0.2, -0.15) is 0 Å². The van der Waals surface area contributed by atoms with Gasteiger partial charge in [-0.25, -0.2) is 4.79 Å². The molecule has 7 heteroatoms. The van der Waals surface area contributed by atoms with Crippen LogP contribution in [0.1, 0.15) is 43.1 Å². The first kappa shape index (κ1) is 19.1. The van der Waals surface area contributed by atoms with Crippen molar-refractivity contribution in [1.82, 2.24) is 4.90 Å². The van der Waals surface area contributed by atoms with E-state index >= 15 is 0 Å². The second-order valence-electron chi connectivity index (χ2n) is 6.07. The maximum absolute atomic E-state index is 12.5. The Kier molecular flexibility index (Phi) is 5.88. The van der Waals surface area contributed by atoms with Gasteiger partial charge in [0.25, 0.3) is 11.8 Å². The predicted molar refractivity (Wildman–Crippen MR) is 98.9 cm³/mol. The molecular formula is C20H18ClNO5. The van der Waals surface area contributed by atoms with E-state index in [0.717, 1.165) is 5.56 Å². The Hall–Kier alpha value is -2.70. The van der Waals surface area contributed by atoms with Gasteiger partial charge in [0, 0.05) is 25.3 Å². The number of ether oxygens (including phenoxy) is 2. The van der Waals surface area contributed by atoms with Crippen molar-refractivity contribution in [3.8, 4) is 0 Å². The van der Waals surface area contributed by atoms with E-state index < -0.39 is 11.9 Å². The number of methoxy groups -OCH3 is 1. The van der Waals surface area contributed by atoms with Crippen LogP contribution in [0.4, 0.5) is 0 Å². The molecule has 0 bridgehead atoms. The van der Waals surface area contributed by atoms with Crippen molar-refractivity contribution in [2.45, 2.75) is 13.0 Å². The molecule has 0 spiro atoms. The standard InChI is InChI=1S/C20H18ClNO5/c1-26-10-2-9-22-18(23)16-8-5-14(11-17(16)19(22)24)20(25)27-12-13-3-6-15(21)7-4-13/h3-8,11H,2,9-10,12H2,1H3. The van der Waals surface area contributed by atoms with Crippen molar-refractivity contribution >= 4 is 29.4 Å². The van der Waals surface area contributed by atoms with Crippen LogP contribution >= 0.6 is 11.6 Å². The fourth-order valence-corrected chi connectivity index (χ4v) is 2.93. The van der Waals surface area contributed by atoms with E-state index in [-0.39, 0.29) is 30.2 Å². The SMILES string of the molecule is COCCCN1C(=O)c2ccc(C(=O)OCc3ccc(Cl)cc3)cc2C1=O. The van der Waals surface area contributed by atoms with Gasteiger partial charge in [0.15, 0.2) is 0 Å². The molecule has 0 saturated carbocycles. The van der Waals surface area contributed by atoms with Gasteiger partial charge in [0.1, 0.15) is 6.61 Å². The number of carbonyl (C=O) groups is 3. The number of benzene rings is 2. The predicted octanol–water partition coefficient (Wildman–Crippen LogP) is 3.33. The maximum Gasteiger partial charge on any atom is 0.338 e.